The quantitative estimate of drug-likeness (QED) is 0.501. The van der Waals surface area contributed by atoms with E-state index in [1.807, 2.05) is 18.2 Å². The number of piperidine rings is 1. The van der Waals surface area contributed by atoms with E-state index in [0.717, 1.165) is 12.0 Å². The third-order valence-corrected chi connectivity index (χ3v) is 6.06. The van der Waals surface area contributed by atoms with Crippen LogP contribution < -0.4 is 4.74 Å². The number of hydrogen-bond donors (Lipinski definition) is 1. The molecule has 0 spiro atoms. The molecular weight excluding hydrogens is 452 g/mol. The highest BCUT2D eigenvalue weighted by molar-refractivity contribution is 6.31. The van der Waals surface area contributed by atoms with E-state index in [1.54, 1.807) is 35.2 Å². The van der Waals surface area contributed by atoms with Crippen molar-refractivity contribution in [1.29, 1.82) is 0 Å². The molecule has 0 radical (unpaired) electrons. The van der Waals surface area contributed by atoms with Crippen molar-refractivity contribution in [3.8, 4) is 5.75 Å². The smallest absolute Gasteiger partial charge is 0.254 e. The van der Waals surface area contributed by atoms with Crippen molar-refractivity contribution >= 4 is 29.1 Å². The van der Waals surface area contributed by atoms with E-state index in [2.05, 4.69) is 0 Å². The van der Waals surface area contributed by atoms with Gasteiger partial charge >= 0.3 is 0 Å². The maximum Gasteiger partial charge on any atom is 0.254 e. The summed E-state index contributed by atoms with van der Waals surface area (Å²) in [6, 6.07) is 18.4. The van der Waals surface area contributed by atoms with Crippen molar-refractivity contribution in [1.82, 2.24) is 4.90 Å². The number of rotatable bonds is 5. The Morgan fingerprint density at radius 3 is 2.53 bits per heavy atom. The first-order chi connectivity index (χ1) is 15.4. The second-order valence-corrected chi connectivity index (χ2v) is 8.61. The summed E-state index contributed by atoms with van der Waals surface area (Å²) in [6.45, 7) is 0.796. The Morgan fingerprint density at radius 2 is 1.84 bits per heavy atom. The second kappa shape index (κ2) is 9.90. The number of aliphatic hydroxyl groups is 1. The summed E-state index contributed by atoms with van der Waals surface area (Å²) >= 11 is 12.4. The highest BCUT2D eigenvalue weighted by atomic mass is 35.5. The lowest BCUT2D eigenvalue weighted by molar-refractivity contribution is 0.0473. The number of halogens is 3. The predicted octanol–water partition coefficient (Wildman–Crippen LogP) is 5.90. The molecule has 3 aromatic rings. The number of hydrogen-bond acceptors (Lipinski definition) is 3. The highest BCUT2D eigenvalue weighted by Crippen LogP contribution is 2.34. The van der Waals surface area contributed by atoms with Gasteiger partial charge in [0.2, 0.25) is 0 Å². The number of ether oxygens (including phenoxy) is 1. The Bertz CT molecular complexity index is 1110. The molecule has 0 bridgehead atoms. The summed E-state index contributed by atoms with van der Waals surface area (Å²) in [5.41, 5.74) is 1.65. The molecule has 2 atom stereocenters. The van der Waals surface area contributed by atoms with Gasteiger partial charge in [0.1, 0.15) is 0 Å². The van der Waals surface area contributed by atoms with Crippen LogP contribution in [0.15, 0.2) is 66.7 Å². The summed E-state index contributed by atoms with van der Waals surface area (Å²) in [6.07, 6.45) is 0.168. The summed E-state index contributed by atoms with van der Waals surface area (Å²) < 4.78 is 21.1. The molecule has 4 rings (SSSR count). The van der Waals surface area contributed by atoms with E-state index in [1.165, 1.54) is 18.2 Å². The molecule has 0 aliphatic carbocycles. The van der Waals surface area contributed by atoms with Crippen LogP contribution in [0.1, 0.15) is 40.4 Å². The zero-order valence-corrected chi connectivity index (χ0v) is 18.7. The third-order valence-electron chi connectivity index (χ3n) is 5.47. The standard InChI is InChI=1S/C25H22Cl2FNO3/c26-18-10-7-16(8-11-18)24(20-5-1-2-6-21(20)27)32-23-12-9-17(14-22(23)28)25(31)29-13-3-4-19(30)15-29/h1-2,5-12,14,19,24,30H,3-4,13,15H2. The fourth-order valence-electron chi connectivity index (χ4n) is 3.81. The van der Waals surface area contributed by atoms with Gasteiger partial charge < -0.3 is 14.7 Å². The first kappa shape index (κ1) is 22.6. The summed E-state index contributed by atoms with van der Waals surface area (Å²) in [5, 5.41) is 10.9. The number of likely N-dealkylation sites (tertiary alicyclic amines) is 1. The number of carbonyl (C=O) groups excluding carboxylic acids is 1. The van der Waals surface area contributed by atoms with Crippen LogP contribution >= 0.6 is 23.2 Å². The minimum atomic E-state index is -0.672. The van der Waals surface area contributed by atoms with E-state index in [9.17, 15) is 9.90 Å². The third kappa shape index (κ3) is 5.07. The molecule has 1 amide bonds. The molecule has 1 heterocycles. The molecule has 166 valence electrons. The van der Waals surface area contributed by atoms with Gasteiger partial charge in [-0.15, -0.1) is 0 Å². The van der Waals surface area contributed by atoms with E-state index < -0.39 is 18.0 Å². The molecule has 4 nitrogen and oxygen atoms in total. The number of carbonyl (C=O) groups is 1. The molecule has 1 N–H and O–H groups in total. The van der Waals surface area contributed by atoms with Gasteiger partial charge in [0.15, 0.2) is 17.7 Å². The molecule has 32 heavy (non-hydrogen) atoms. The van der Waals surface area contributed by atoms with Crippen LogP contribution in [-0.2, 0) is 0 Å². The minimum absolute atomic E-state index is 0.0000913. The Labute approximate surface area is 196 Å². The Morgan fingerprint density at radius 1 is 1.09 bits per heavy atom. The largest absolute Gasteiger partial charge is 0.478 e. The first-order valence-electron chi connectivity index (χ1n) is 10.4. The fraction of sp³-hybridized carbons (Fsp3) is 0.240. The summed E-state index contributed by atoms with van der Waals surface area (Å²) in [4.78, 5) is 14.3. The van der Waals surface area contributed by atoms with Gasteiger partial charge in [-0.3, -0.25) is 4.79 Å². The van der Waals surface area contributed by atoms with Crippen LogP contribution in [0.25, 0.3) is 0 Å². The summed E-state index contributed by atoms with van der Waals surface area (Å²) in [7, 11) is 0. The minimum Gasteiger partial charge on any atom is -0.478 e. The van der Waals surface area contributed by atoms with Gasteiger partial charge in [0.05, 0.1) is 6.10 Å². The van der Waals surface area contributed by atoms with Crippen LogP contribution in [0.5, 0.6) is 5.75 Å². The fourth-order valence-corrected chi connectivity index (χ4v) is 4.18. The van der Waals surface area contributed by atoms with Gasteiger partial charge in [-0.1, -0.05) is 53.5 Å². The molecule has 0 aromatic heterocycles. The topological polar surface area (TPSA) is 49.8 Å². The van der Waals surface area contributed by atoms with Crippen molar-refractivity contribution in [2.75, 3.05) is 13.1 Å². The molecule has 0 saturated carbocycles. The van der Waals surface area contributed by atoms with Gasteiger partial charge in [0, 0.05) is 34.3 Å². The average molecular weight is 474 g/mol. The van der Waals surface area contributed by atoms with Gasteiger partial charge in [-0.25, -0.2) is 4.39 Å². The van der Waals surface area contributed by atoms with Gasteiger partial charge in [-0.05, 0) is 54.8 Å². The van der Waals surface area contributed by atoms with Crippen LogP contribution in [0.4, 0.5) is 4.39 Å². The second-order valence-electron chi connectivity index (χ2n) is 7.76. The summed E-state index contributed by atoms with van der Waals surface area (Å²) in [5.74, 6) is -0.964. The van der Waals surface area contributed by atoms with Crippen molar-refractivity contribution in [2.45, 2.75) is 25.0 Å². The predicted molar refractivity (Wildman–Crippen MR) is 123 cm³/mol. The Kier molecular flexibility index (Phi) is 6.99. The molecule has 1 aliphatic heterocycles. The highest BCUT2D eigenvalue weighted by Gasteiger charge is 2.25. The maximum atomic E-state index is 15.0. The molecule has 1 fully saturated rings. The van der Waals surface area contributed by atoms with Gasteiger partial charge in [-0.2, -0.15) is 0 Å². The molecule has 7 heteroatoms. The first-order valence-corrected chi connectivity index (χ1v) is 11.1. The number of nitrogens with zero attached hydrogens (tertiary/aromatic N) is 1. The number of benzene rings is 3. The zero-order chi connectivity index (χ0) is 22.7. The van der Waals surface area contributed by atoms with E-state index in [0.29, 0.717) is 28.6 Å². The molecule has 1 saturated heterocycles. The maximum absolute atomic E-state index is 15.0. The van der Waals surface area contributed by atoms with E-state index in [4.69, 9.17) is 27.9 Å². The van der Waals surface area contributed by atoms with Crippen LogP contribution in [-0.4, -0.2) is 35.1 Å². The molecule has 1 aliphatic rings. The van der Waals surface area contributed by atoms with Crippen molar-refractivity contribution in [3.05, 3.63) is 99.3 Å². The lowest BCUT2D eigenvalue weighted by Crippen LogP contribution is -2.42. The SMILES string of the molecule is O=C(c1ccc(OC(c2ccc(Cl)cc2)c2ccccc2Cl)c(F)c1)N1CCCC(O)C1. The normalized spacial score (nSPS) is 17.1. The Balaban J connectivity index is 1.62. The van der Waals surface area contributed by atoms with Crippen LogP contribution in [0.2, 0.25) is 10.0 Å². The number of β-amino-alcohol motifs (C(OH)–C–C–N with tert-alkyl or cyclic N) is 1. The van der Waals surface area contributed by atoms with Crippen molar-refractivity contribution < 1.29 is 19.0 Å². The lowest BCUT2D eigenvalue weighted by Gasteiger charge is -2.30. The number of aliphatic hydroxyl groups excluding tert-OH is 1. The number of amides is 1. The molecular formula is C25H22Cl2FNO3. The lowest BCUT2D eigenvalue weighted by atomic mass is 10.0. The average Bonchev–Trinajstić information content (AvgIpc) is 2.79. The van der Waals surface area contributed by atoms with Crippen molar-refractivity contribution in [2.24, 2.45) is 0 Å². The Hall–Kier alpha value is -2.60. The van der Waals surface area contributed by atoms with Crippen LogP contribution in [0.3, 0.4) is 0 Å². The van der Waals surface area contributed by atoms with E-state index >= 15 is 4.39 Å². The molecule has 3 aromatic carbocycles. The zero-order valence-electron chi connectivity index (χ0n) is 17.2. The van der Waals surface area contributed by atoms with E-state index in [-0.39, 0.29) is 23.8 Å². The van der Waals surface area contributed by atoms with Crippen molar-refractivity contribution in [3.63, 3.8) is 0 Å². The van der Waals surface area contributed by atoms with Gasteiger partial charge in [0.25, 0.3) is 5.91 Å². The molecule has 2 unspecified atom stereocenters. The van der Waals surface area contributed by atoms with Crippen LogP contribution in [0, 0.1) is 5.82 Å². The monoisotopic (exact) mass is 473 g/mol.